The third-order valence-corrected chi connectivity index (χ3v) is 4.79. The molecule has 6 nitrogen and oxygen atoms in total. The van der Waals surface area contributed by atoms with Crippen LogP contribution in [0.2, 0.25) is 0 Å². The number of carbonyl (C=O) groups excluding carboxylic acids is 2. The van der Waals surface area contributed by atoms with Gasteiger partial charge >= 0.3 is 11.8 Å². The summed E-state index contributed by atoms with van der Waals surface area (Å²) in [4.78, 5) is 28.2. The third-order valence-electron chi connectivity index (χ3n) is 4.79. The highest BCUT2D eigenvalue weighted by atomic mass is 19.1. The van der Waals surface area contributed by atoms with Crippen LogP contribution in [0.3, 0.4) is 0 Å². The number of amides is 2. The van der Waals surface area contributed by atoms with E-state index in [1.807, 2.05) is 0 Å². The van der Waals surface area contributed by atoms with Gasteiger partial charge in [0.25, 0.3) is 0 Å². The van der Waals surface area contributed by atoms with E-state index in [0.717, 1.165) is 50.9 Å². The van der Waals surface area contributed by atoms with Crippen molar-refractivity contribution in [2.24, 2.45) is 0 Å². The molecule has 29 heavy (non-hydrogen) atoms. The minimum atomic E-state index is -0.816. The van der Waals surface area contributed by atoms with E-state index in [2.05, 4.69) is 20.4 Å². The summed E-state index contributed by atoms with van der Waals surface area (Å²) >= 11 is 0. The summed E-state index contributed by atoms with van der Waals surface area (Å²) in [5, 5.41) is 4.95. The van der Waals surface area contributed by atoms with Gasteiger partial charge in [-0.1, -0.05) is 6.07 Å². The quantitative estimate of drug-likeness (QED) is 0.575. The molecule has 0 spiro atoms. The summed E-state index contributed by atoms with van der Waals surface area (Å²) in [6.07, 6.45) is 0.718. The Hall–Kier alpha value is -3.00. The van der Waals surface area contributed by atoms with E-state index in [0.29, 0.717) is 6.54 Å². The minimum absolute atomic E-state index is 0.237. The average molecular weight is 402 g/mol. The van der Waals surface area contributed by atoms with Crippen LogP contribution in [0.15, 0.2) is 48.5 Å². The predicted octanol–water partition coefficient (Wildman–Crippen LogP) is 2.23. The van der Waals surface area contributed by atoms with E-state index in [4.69, 9.17) is 0 Å². The standard InChI is InChI=1S/C21H24F2N4O2/c22-16-5-7-19(8-6-16)27-13-11-26(12-14-27)10-2-9-24-20(28)21(29)25-18-4-1-3-17(23)15-18/h1,3-8,15H,2,9-14H2,(H,24,28)(H,25,29). The Labute approximate surface area is 168 Å². The maximum atomic E-state index is 13.1. The Morgan fingerprint density at radius 2 is 1.62 bits per heavy atom. The van der Waals surface area contributed by atoms with Gasteiger partial charge in [0.15, 0.2) is 0 Å². The molecule has 0 bridgehead atoms. The fourth-order valence-corrected chi connectivity index (χ4v) is 3.22. The number of halogens is 2. The molecular weight excluding hydrogens is 378 g/mol. The molecule has 0 aromatic heterocycles. The van der Waals surface area contributed by atoms with Crippen molar-refractivity contribution in [2.75, 3.05) is 49.5 Å². The summed E-state index contributed by atoms with van der Waals surface area (Å²) in [7, 11) is 0. The second-order valence-corrected chi connectivity index (χ2v) is 6.88. The van der Waals surface area contributed by atoms with Crippen molar-refractivity contribution in [1.82, 2.24) is 10.2 Å². The van der Waals surface area contributed by atoms with Crippen LogP contribution in [0, 0.1) is 11.6 Å². The van der Waals surface area contributed by atoms with Crippen molar-refractivity contribution in [2.45, 2.75) is 6.42 Å². The van der Waals surface area contributed by atoms with E-state index < -0.39 is 17.6 Å². The van der Waals surface area contributed by atoms with Crippen LogP contribution in [0.1, 0.15) is 6.42 Å². The molecule has 8 heteroatoms. The lowest BCUT2D eigenvalue weighted by Gasteiger charge is -2.36. The number of piperazine rings is 1. The van der Waals surface area contributed by atoms with Crippen LogP contribution in [-0.4, -0.2) is 56.0 Å². The lowest BCUT2D eigenvalue weighted by Crippen LogP contribution is -2.47. The van der Waals surface area contributed by atoms with Gasteiger partial charge in [-0.25, -0.2) is 8.78 Å². The smallest absolute Gasteiger partial charge is 0.313 e. The molecule has 3 rings (SSSR count). The zero-order chi connectivity index (χ0) is 20.6. The van der Waals surface area contributed by atoms with Crippen molar-refractivity contribution in [3.8, 4) is 0 Å². The lowest BCUT2D eigenvalue weighted by molar-refractivity contribution is -0.136. The highest BCUT2D eigenvalue weighted by molar-refractivity contribution is 6.39. The molecule has 0 unspecified atom stereocenters. The SMILES string of the molecule is O=C(NCCCN1CCN(c2ccc(F)cc2)CC1)C(=O)Nc1cccc(F)c1. The van der Waals surface area contributed by atoms with Crippen molar-refractivity contribution >= 4 is 23.2 Å². The summed E-state index contributed by atoms with van der Waals surface area (Å²) in [6.45, 7) is 4.66. The zero-order valence-corrected chi connectivity index (χ0v) is 16.0. The second-order valence-electron chi connectivity index (χ2n) is 6.88. The van der Waals surface area contributed by atoms with Gasteiger partial charge in [0.2, 0.25) is 0 Å². The molecule has 1 saturated heterocycles. The van der Waals surface area contributed by atoms with Gasteiger partial charge in [0.1, 0.15) is 11.6 Å². The molecule has 0 saturated carbocycles. The van der Waals surface area contributed by atoms with E-state index >= 15 is 0 Å². The number of anilines is 2. The summed E-state index contributed by atoms with van der Waals surface area (Å²) in [6, 6.07) is 11.9. The molecular formula is C21H24F2N4O2. The van der Waals surface area contributed by atoms with Gasteiger partial charge in [0, 0.05) is 44.1 Å². The Morgan fingerprint density at radius 1 is 0.897 bits per heavy atom. The molecule has 1 fully saturated rings. The lowest BCUT2D eigenvalue weighted by atomic mass is 10.2. The van der Waals surface area contributed by atoms with E-state index in [1.54, 1.807) is 12.1 Å². The molecule has 154 valence electrons. The molecule has 2 aromatic carbocycles. The Bertz CT molecular complexity index is 837. The van der Waals surface area contributed by atoms with Crippen LogP contribution >= 0.6 is 0 Å². The van der Waals surface area contributed by atoms with Crippen LogP contribution in [0.4, 0.5) is 20.2 Å². The molecule has 1 aliphatic rings. The number of nitrogens with one attached hydrogen (secondary N) is 2. The fraction of sp³-hybridized carbons (Fsp3) is 0.333. The van der Waals surface area contributed by atoms with Crippen molar-refractivity contribution in [1.29, 1.82) is 0 Å². The number of rotatable bonds is 6. The first-order valence-corrected chi connectivity index (χ1v) is 9.59. The van der Waals surface area contributed by atoms with Crippen molar-refractivity contribution < 1.29 is 18.4 Å². The third kappa shape index (κ3) is 6.25. The van der Waals surface area contributed by atoms with Gasteiger partial charge < -0.3 is 15.5 Å². The van der Waals surface area contributed by atoms with Gasteiger partial charge in [0.05, 0.1) is 0 Å². The normalized spacial score (nSPS) is 14.5. The van der Waals surface area contributed by atoms with E-state index in [9.17, 15) is 18.4 Å². The van der Waals surface area contributed by atoms with Crippen LogP contribution < -0.4 is 15.5 Å². The number of hydrogen-bond donors (Lipinski definition) is 2. The van der Waals surface area contributed by atoms with Crippen LogP contribution in [-0.2, 0) is 9.59 Å². The van der Waals surface area contributed by atoms with Crippen LogP contribution in [0.5, 0.6) is 0 Å². The average Bonchev–Trinajstić information content (AvgIpc) is 2.72. The van der Waals surface area contributed by atoms with Gasteiger partial charge in [-0.15, -0.1) is 0 Å². The van der Waals surface area contributed by atoms with E-state index in [-0.39, 0.29) is 11.5 Å². The largest absolute Gasteiger partial charge is 0.369 e. The summed E-state index contributed by atoms with van der Waals surface area (Å²) in [5.74, 6) is -2.28. The molecule has 0 atom stereocenters. The van der Waals surface area contributed by atoms with Crippen LogP contribution in [0.25, 0.3) is 0 Å². The minimum Gasteiger partial charge on any atom is -0.369 e. The molecule has 0 radical (unpaired) electrons. The summed E-state index contributed by atoms with van der Waals surface area (Å²) in [5.41, 5.74) is 1.26. The molecule has 1 aliphatic heterocycles. The van der Waals surface area contributed by atoms with Gasteiger partial charge in [-0.2, -0.15) is 0 Å². The Balaban J connectivity index is 1.32. The number of carbonyl (C=O) groups is 2. The molecule has 0 aliphatic carbocycles. The topological polar surface area (TPSA) is 64.7 Å². The monoisotopic (exact) mass is 402 g/mol. The maximum Gasteiger partial charge on any atom is 0.313 e. The molecule has 1 heterocycles. The molecule has 2 aromatic rings. The highest BCUT2D eigenvalue weighted by Gasteiger charge is 2.17. The van der Waals surface area contributed by atoms with Gasteiger partial charge in [-0.3, -0.25) is 14.5 Å². The zero-order valence-electron chi connectivity index (χ0n) is 16.0. The fourth-order valence-electron chi connectivity index (χ4n) is 3.22. The number of benzene rings is 2. The molecule has 2 N–H and O–H groups in total. The first-order chi connectivity index (χ1) is 14.0. The van der Waals surface area contributed by atoms with Crippen molar-refractivity contribution in [3.63, 3.8) is 0 Å². The second kappa shape index (κ2) is 9.97. The Morgan fingerprint density at radius 3 is 2.31 bits per heavy atom. The molecule has 2 amide bonds. The first-order valence-electron chi connectivity index (χ1n) is 9.59. The van der Waals surface area contributed by atoms with E-state index in [1.165, 1.54) is 30.3 Å². The first kappa shape index (κ1) is 20.7. The number of nitrogens with zero attached hydrogens (tertiary/aromatic N) is 2. The Kier molecular flexibility index (Phi) is 7.13. The highest BCUT2D eigenvalue weighted by Crippen LogP contribution is 2.16. The predicted molar refractivity (Wildman–Crippen MR) is 108 cm³/mol. The van der Waals surface area contributed by atoms with Crippen molar-refractivity contribution in [3.05, 3.63) is 60.2 Å². The summed E-state index contributed by atoms with van der Waals surface area (Å²) < 4.78 is 26.1. The maximum absolute atomic E-state index is 13.1. The number of hydrogen-bond acceptors (Lipinski definition) is 4. The van der Waals surface area contributed by atoms with Gasteiger partial charge in [-0.05, 0) is 55.4 Å².